The molecule has 0 aromatic carbocycles. The van der Waals surface area contributed by atoms with Gasteiger partial charge in [0.2, 0.25) is 0 Å². The average Bonchev–Trinajstić information content (AvgIpc) is 3.67. The van der Waals surface area contributed by atoms with Crippen LogP contribution in [0.15, 0.2) is 24.8 Å². The quantitative estimate of drug-likeness (QED) is 0.225. The molecule has 2 aliphatic heterocycles. The zero-order valence-electron chi connectivity index (χ0n) is 22.8. The summed E-state index contributed by atoms with van der Waals surface area (Å²) >= 11 is -0.346. The molecule has 4 nitrogen and oxygen atoms in total. The van der Waals surface area contributed by atoms with Crippen LogP contribution in [-0.4, -0.2) is 43.8 Å². The molecule has 4 aliphatic carbocycles. The molecular formula is C30H50Cl2N4Ru. The Kier molecular flexibility index (Phi) is 13.6. The molecule has 4 fully saturated rings. The minimum atomic E-state index is -0.346. The van der Waals surface area contributed by atoms with Crippen molar-refractivity contribution >= 4 is 19.4 Å². The number of hydrogen-bond donors (Lipinski definition) is 0. The van der Waals surface area contributed by atoms with Gasteiger partial charge in [-0.25, -0.2) is 0 Å². The summed E-state index contributed by atoms with van der Waals surface area (Å²) in [5, 5.41) is 0. The fourth-order valence-corrected chi connectivity index (χ4v) is 7.15. The fourth-order valence-electron chi connectivity index (χ4n) is 7.15. The van der Waals surface area contributed by atoms with E-state index in [2.05, 4.69) is 57.7 Å². The molecule has 0 atom stereocenters. The number of rotatable bonds is 4. The van der Waals surface area contributed by atoms with E-state index in [1.807, 2.05) is 0 Å². The first-order valence-electron chi connectivity index (χ1n) is 15.3. The van der Waals surface area contributed by atoms with E-state index in [0.717, 1.165) is 24.2 Å². The first-order valence-corrected chi connectivity index (χ1v) is 19.8. The Labute approximate surface area is 243 Å². The van der Waals surface area contributed by atoms with E-state index < -0.39 is 0 Å². The van der Waals surface area contributed by atoms with E-state index >= 15 is 0 Å². The molecule has 212 valence electrons. The molecule has 0 saturated heterocycles. The molecule has 0 unspecified atom stereocenters. The van der Waals surface area contributed by atoms with Gasteiger partial charge in [0.15, 0.2) is 0 Å². The van der Waals surface area contributed by atoms with Crippen LogP contribution in [0.2, 0.25) is 0 Å². The first kappa shape index (κ1) is 29.9. The van der Waals surface area contributed by atoms with E-state index in [1.165, 1.54) is 128 Å². The molecule has 2 heterocycles. The van der Waals surface area contributed by atoms with Gasteiger partial charge in [-0.05, 0) is 76.2 Å². The van der Waals surface area contributed by atoms with Gasteiger partial charge in [0.25, 0.3) is 0 Å². The van der Waals surface area contributed by atoms with Gasteiger partial charge in [0, 0.05) is 24.2 Å². The van der Waals surface area contributed by atoms with Gasteiger partial charge in [-0.15, -0.1) is 0 Å². The summed E-state index contributed by atoms with van der Waals surface area (Å²) in [6.07, 6.45) is 37.5. The van der Waals surface area contributed by atoms with Crippen LogP contribution in [0.1, 0.15) is 128 Å². The second-order valence-electron chi connectivity index (χ2n) is 11.8. The average molecular weight is 639 g/mol. The second kappa shape index (κ2) is 16.9. The van der Waals surface area contributed by atoms with Gasteiger partial charge in [-0.1, -0.05) is 77.0 Å². The first-order chi connectivity index (χ1) is 18.3. The Hall–Kier alpha value is -0.117. The van der Waals surface area contributed by atoms with E-state index in [1.54, 1.807) is 0 Å². The maximum atomic E-state index is 4.85. The molecule has 0 spiro atoms. The molecule has 37 heavy (non-hydrogen) atoms. The predicted molar refractivity (Wildman–Crippen MR) is 153 cm³/mol. The van der Waals surface area contributed by atoms with Crippen molar-refractivity contribution < 1.29 is 15.1 Å². The van der Waals surface area contributed by atoms with E-state index in [-0.39, 0.29) is 15.1 Å². The van der Waals surface area contributed by atoms with Crippen molar-refractivity contribution in [2.75, 3.05) is 0 Å². The van der Waals surface area contributed by atoms with Crippen LogP contribution >= 0.6 is 19.4 Å². The SMILES string of the molecule is C1=CN(C2CCCCC2)[CH-]N1C1CCCCC1.C1=CN(C2CCCCC2)[CH-]N1C1CCCCC1.[Cl][Ru+2][Cl]. The van der Waals surface area contributed by atoms with Crippen molar-refractivity contribution in [3.63, 3.8) is 0 Å². The van der Waals surface area contributed by atoms with Crippen molar-refractivity contribution in [2.24, 2.45) is 0 Å². The standard InChI is InChI=1S/2C15H25N2.2ClH.Ru/c2*1-3-7-14(8-4-1)16-11-12-17(13-16)15-9-5-2-6-10-15;;;/h2*11-15H,1-10H2;2*1H;/q2*-1;;;+4/p-2. The zero-order chi connectivity index (χ0) is 25.7. The minimum absolute atomic E-state index is 0.346. The third kappa shape index (κ3) is 9.49. The van der Waals surface area contributed by atoms with E-state index in [9.17, 15) is 0 Å². The van der Waals surface area contributed by atoms with Crippen LogP contribution in [-0.2, 0) is 15.1 Å². The molecule has 0 N–H and O–H groups in total. The third-order valence-electron chi connectivity index (χ3n) is 9.34. The second-order valence-corrected chi connectivity index (χ2v) is 14.5. The summed E-state index contributed by atoms with van der Waals surface area (Å²) in [5.74, 6) is 0. The molecule has 0 radical (unpaired) electrons. The zero-order valence-corrected chi connectivity index (χ0v) is 26.1. The van der Waals surface area contributed by atoms with Crippen LogP contribution in [0, 0.1) is 13.3 Å². The van der Waals surface area contributed by atoms with Crippen LogP contribution < -0.4 is 0 Å². The topological polar surface area (TPSA) is 13.0 Å². The fraction of sp³-hybridized carbons (Fsp3) is 0.800. The van der Waals surface area contributed by atoms with Crippen molar-refractivity contribution in [3.05, 3.63) is 38.1 Å². The Balaban J connectivity index is 0.000000157. The Morgan fingerprint density at radius 2 is 0.595 bits per heavy atom. The van der Waals surface area contributed by atoms with Gasteiger partial charge in [-0.3, -0.25) is 0 Å². The number of hydrogen-bond acceptors (Lipinski definition) is 4. The summed E-state index contributed by atoms with van der Waals surface area (Å²) in [6.45, 7) is 4.76. The van der Waals surface area contributed by atoms with Crippen molar-refractivity contribution in [3.8, 4) is 0 Å². The van der Waals surface area contributed by atoms with Gasteiger partial charge >= 0.3 is 34.5 Å². The van der Waals surface area contributed by atoms with Gasteiger partial charge in [-0.2, -0.15) is 13.3 Å². The van der Waals surface area contributed by atoms with Gasteiger partial charge in [0.05, 0.1) is 0 Å². The third-order valence-corrected chi connectivity index (χ3v) is 9.34. The molecule has 0 aromatic rings. The van der Waals surface area contributed by atoms with Crippen LogP contribution in [0.3, 0.4) is 0 Å². The number of nitrogens with zero attached hydrogens (tertiary/aromatic N) is 4. The normalized spacial score (nSPS) is 26.2. The molecule has 4 saturated carbocycles. The van der Waals surface area contributed by atoms with Crippen molar-refractivity contribution in [1.29, 1.82) is 0 Å². The van der Waals surface area contributed by atoms with Crippen molar-refractivity contribution in [1.82, 2.24) is 19.6 Å². The molecule has 0 bridgehead atoms. The van der Waals surface area contributed by atoms with Gasteiger partial charge in [0.1, 0.15) is 0 Å². The summed E-state index contributed by atoms with van der Waals surface area (Å²) in [7, 11) is 9.71. The van der Waals surface area contributed by atoms with Crippen LogP contribution in [0.4, 0.5) is 0 Å². The van der Waals surface area contributed by atoms with E-state index in [4.69, 9.17) is 19.4 Å². The van der Waals surface area contributed by atoms with Gasteiger partial charge < -0.3 is 19.6 Å². The molecule has 6 rings (SSSR count). The Morgan fingerprint density at radius 1 is 0.405 bits per heavy atom. The predicted octanol–water partition coefficient (Wildman–Crippen LogP) is 9.10. The Bertz CT molecular complexity index is 560. The summed E-state index contributed by atoms with van der Waals surface area (Å²) in [6, 6.07) is 3.14. The van der Waals surface area contributed by atoms with Crippen LogP contribution in [0.25, 0.3) is 0 Å². The molecule has 6 aliphatic rings. The van der Waals surface area contributed by atoms with Crippen LogP contribution in [0.5, 0.6) is 0 Å². The number of halogens is 2. The molecule has 0 amide bonds. The Morgan fingerprint density at radius 3 is 0.784 bits per heavy atom. The van der Waals surface area contributed by atoms with Crippen molar-refractivity contribution in [2.45, 2.75) is 153 Å². The molecule has 0 aromatic heterocycles. The van der Waals surface area contributed by atoms with E-state index in [0.29, 0.717) is 0 Å². The summed E-state index contributed by atoms with van der Waals surface area (Å²) in [5.41, 5.74) is 0. The summed E-state index contributed by atoms with van der Waals surface area (Å²) in [4.78, 5) is 9.92. The molecular weight excluding hydrogens is 588 g/mol. The maximum absolute atomic E-state index is 4.85. The monoisotopic (exact) mass is 638 g/mol. The summed E-state index contributed by atoms with van der Waals surface area (Å²) < 4.78 is 0. The molecule has 7 heteroatoms.